The van der Waals surface area contributed by atoms with Crippen LogP contribution in [0.5, 0.6) is 0 Å². The van der Waals surface area contributed by atoms with Gasteiger partial charge >= 0.3 is 49.0 Å². The molecule has 11 nitrogen and oxygen atoms in total. The van der Waals surface area contributed by atoms with Gasteiger partial charge in [0.1, 0.15) is 19.0 Å². The summed E-state index contributed by atoms with van der Waals surface area (Å²) in [7, 11) is -13.5. The van der Waals surface area contributed by atoms with Crippen molar-refractivity contribution in [3.63, 3.8) is 0 Å². The van der Waals surface area contributed by atoms with Crippen LogP contribution in [0.3, 0.4) is 0 Å². The number of imidazole rings is 1. The molecule has 0 bridgehead atoms. The van der Waals surface area contributed by atoms with Crippen molar-refractivity contribution in [1.82, 2.24) is 4.57 Å². The zero-order valence-corrected chi connectivity index (χ0v) is 22.0. The number of halogens is 6. The van der Waals surface area contributed by atoms with Gasteiger partial charge in [0.2, 0.25) is 6.33 Å². The lowest BCUT2D eigenvalue weighted by Gasteiger charge is -2.19. The Morgan fingerprint density at radius 1 is 1.03 bits per heavy atom. The van der Waals surface area contributed by atoms with Gasteiger partial charge < -0.3 is 14.2 Å². The molecule has 0 amide bonds. The first-order valence-electron chi connectivity index (χ1n) is 10.7. The van der Waals surface area contributed by atoms with Crippen LogP contribution in [0, 0.1) is 0 Å². The van der Waals surface area contributed by atoms with Crippen LogP contribution in [0.1, 0.15) is 25.5 Å². The number of aryl methyl sites for hydroxylation is 1. The van der Waals surface area contributed by atoms with Crippen molar-refractivity contribution in [2.24, 2.45) is 7.05 Å². The molecule has 218 valence electrons. The second-order valence-electron chi connectivity index (χ2n) is 7.60. The van der Waals surface area contributed by atoms with Crippen LogP contribution < -0.4 is 4.57 Å². The van der Waals surface area contributed by atoms with E-state index in [4.69, 9.17) is 14.2 Å². The summed E-state index contributed by atoms with van der Waals surface area (Å²) in [5.41, 5.74) is -13.1. The molecule has 39 heavy (non-hydrogen) atoms. The third-order valence-corrected chi connectivity index (χ3v) is 8.24. The third-order valence-electron chi connectivity index (χ3n) is 4.66. The highest BCUT2D eigenvalue weighted by molar-refractivity contribution is 7.98. The summed E-state index contributed by atoms with van der Waals surface area (Å²) in [6.07, 6.45) is 1.60. The van der Waals surface area contributed by atoms with Crippen molar-refractivity contribution in [1.29, 1.82) is 0 Å². The molecule has 0 aliphatic heterocycles. The molecule has 19 heteroatoms. The standard InChI is InChI=1S/C20H23F6N3O8S2/c1-4-35-14(2)37-18(30)16(28-11-10-27(3)13-28)17(36-12-15-8-6-5-7-9-15)29(38(31,32)19(21,22)23)39(33,34)20(24,25)26/h5-11,13-14,16H,4,12H2,1-3H3/q+2. The summed E-state index contributed by atoms with van der Waals surface area (Å²) in [5.74, 6) is -3.77. The Morgan fingerprint density at radius 2 is 1.56 bits per heavy atom. The maximum absolute atomic E-state index is 13.6. The maximum atomic E-state index is 13.6. The Labute approximate surface area is 218 Å². The number of benzene rings is 1. The van der Waals surface area contributed by atoms with E-state index in [1.165, 1.54) is 55.1 Å². The van der Waals surface area contributed by atoms with Gasteiger partial charge in [-0.25, -0.2) is 13.9 Å². The number of hydrogen-bond donors (Lipinski definition) is 0. The Balaban J connectivity index is 3.03. The predicted molar refractivity (Wildman–Crippen MR) is 118 cm³/mol. The molecule has 0 aliphatic carbocycles. The highest BCUT2D eigenvalue weighted by Gasteiger charge is 2.70. The molecule has 1 aromatic heterocycles. The molecular weight excluding hydrogens is 588 g/mol. The zero-order valence-electron chi connectivity index (χ0n) is 20.4. The van der Waals surface area contributed by atoms with Gasteiger partial charge in [0.15, 0.2) is 6.29 Å². The summed E-state index contributed by atoms with van der Waals surface area (Å²) in [4.78, 5) is 13.1. The summed E-state index contributed by atoms with van der Waals surface area (Å²) >= 11 is 0. The van der Waals surface area contributed by atoms with Gasteiger partial charge in [0.25, 0.3) is 0 Å². The van der Waals surface area contributed by atoms with E-state index < -0.39 is 65.3 Å². The van der Waals surface area contributed by atoms with Crippen molar-refractivity contribution in [2.75, 3.05) is 6.61 Å². The molecule has 0 radical (unpaired) electrons. The number of carbonyl (C=O) groups excluding carboxylic acids is 1. The van der Waals surface area contributed by atoms with Gasteiger partial charge in [-0.05, 0) is 19.4 Å². The highest BCUT2D eigenvalue weighted by Crippen LogP contribution is 2.34. The first-order valence-corrected chi connectivity index (χ1v) is 13.5. The highest BCUT2D eigenvalue weighted by atomic mass is 32.3. The summed E-state index contributed by atoms with van der Waals surface area (Å²) in [6.45, 7) is 1.62. The number of aromatic nitrogens is 2. The van der Waals surface area contributed by atoms with E-state index in [2.05, 4.69) is 0 Å². The van der Waals surface area contributed by atoms with Crippen LogP contribution in [0.15, 0.2) is 49.1 Å². The molecule has 1 heterocycles. The van der Waals surface area contributed by atoms with Crippen LogP contribution in [-0.4, -0.2) is 60.6 Å². The molecule has 0 N–H and O–H groups in total. The van der Waals surface area contributed by atoms with Gasteiger partial charge in [-0.15, -0.1) is 0 Å². The molecule has 0 saturated heterocycles. The molecule has 2 unspecified atom stereocenters. The molecule has 0 aliphatic rings. The van der Waals surface area contributed by atoms with E-state index in [0.29, 0.717) is 4.57 Å². The van der Waals surface area contributed by atoms with Gasteiger partial charge in [0, 0.05) is 6.61 Å². The Kier molecular flexibility index (Phi) is 9.78. The zero-order chi connectivity index (χ0) is 29.8. The van der Waals surface area contributed by atoms with Gasteiger partial charge in [-0.2, -0.15) is 43.2 Å². The van der Waals surface area contributed by atoms with Gasteiger partial charge in [-0.1, -0.05) is 30.3 Å². The monoisotopic (exact) mass is 611 g/mol. The van der Waals surface area contributed by atoms with Crippen LogP contribution in [0.4, 0.5) is 26.3 Å². The Bertz CT molecular complexity index is 1360. The number of sulfonamides is 2. The van der Waals surface area contributed by atoms with E-state index in [9.17, 15) is 48.0 Å². The number of carbonyl (C=O) groups is 1. The average Bonchev–Trinajstić information content (AvgIpc) is 3.22. The molecule has 0 saturated carbocycles. The number of hydrogen-bond acceptors (Lipinski definition) is 8. The number of alkyl halides is 6. The van der Waals surface area contributed by atoms with Crippen LogP contribution in [-0.2, 0) is 52.7 Å². The fourth-order valence-corrected chi connectivity index (χ4v) is 5.68. The van der Waals surface area contributed by atoms with Crippen molar-refractivity contribution in [3.05, 3.63) is 54.6 Å². The molecule has 2 rings (SSSR count). The van der Waals surface area contributed by atoms with Crippen LogP contribution in [0.2, 0.25) is 0 Å². The molecular formula is C20H23F6N3O8S2+2. The van der Waals surface area contributed by atoms with E-state index >= 15 is 0 Å². The normalized spacial score (nSPS) is 14.4. The second-order valence-corrected chi connectivity index (χ2v) is 11.4. The van der Waals surface area contributed by atoms with Crippen molar-refractivity contribution in [3.8, 4) is 0 Å². The lowest BCUT2D eigenvalue weighted by molar-refractivity contribution is -0.671. The Hall–Kier alpha value is -3.19. The van der Waals surface area contributed by atoms with Gasteiger partial charge in [0.05, 0.1) is 10.4 Å². The van der Waals surface area contributed by atoms with Crippen molar-refractivity contribution < 1.29 is 70.1 Å². The molecule has 2 aromatic rings. The van der Waals surface area contributed by atoms with E-state index in [1.54, 1.807) is 0 Å². The minimum Gasteiger partial charge on any atom is -0.438 e. The van der Waals surface area contributed by atoms with Crippen LogP contribution in [0.25, 0.3) is 0 Å². The summed E-state index contributed by atoms with van der Waals surface area (Å²) in [6, 6.07) is 4.24. The number of rotatable bonds is 10. The molecule has 1 aromatic carbocycles. The van der Waals surface area contributed by atoms with E-state index in [1.807, 2.05) is 0 Å². The second kappa shape index (κ2) is 11.9. The SMILES string of the molecule is CCOC(C)OC(=O)C(C(OCc1ccccc1)=[N+](S(=O)(=O)C(F)(F)F)S(=O)(=O)C(F)(F)F)n1cc[n+](C)c1. The minimum absolute atomic E-state index is 0.0459. The fraction of sp³-hybridized carbons (Fsp3) is 0.450. The smallest absolute Gasteiger partial charge is 0.438 e. The number of ether oxygens (including phenoxy) is 3. The first-order chi connectivity index (χ1) is 17.8. The molecule has 2 atom stereocenters. The predicted octanol–water partition coefficient (Wildman–Crippen LogP) is 2.11. The largest absolute Gasteiger partial charge is 0.561 e. The molecule has 0 spiro atoms. The van der Waals surface area contributed by atoms with Gasteiger partial charge in [-0.3, -0.25) is 0 Å². The van der Waals surface area contributed by atoms with Crippen molar-refractivity contribution >= 4 is 31.9 Å². The average molecular weight is 612 g/mol. The lowest BCUT2D eigenvalue weighted by atomic mass is 10.2. The first kappa shape index (κ1) is 32.0. The van der Waals surface area contributed by atoms with E-state index in [0.717, 1.165) is 19.4 Å². The minimum atomic E-state index is -7.40. The molecule has 0 fully saturated rings. The number of nitrogens with zero attached hydrogens (tertiary/aromatic N) is 3. The summed E-state index contributed by atoms with van der Waals surface area (Å²) < 4.78 is 146. The fourth-order valence-electron chi connectivity index (χ4n) is 2.99. The number of esters is 1. The maximum Gasteiger partial charge on any atom is 0.561 e. The van der Waals surface area contributed by atoms with E-state index in [-0.39, 0.29) is 12.2 Å². The topological polar surface area (TPSA) is 125 Å². The Morgan fingerprint density at radius 3 is 2.00 bits per heavy atom. The lowest BCUT2D eigenvalue weighted by Crippen LogP contribution is -2.50. The third kappa shape index (κ3) is 7.27. The summed E-state index contributed by atoms with van der Waals surface area (Å²) in [5, 5.41) is 0. The van der Waals surface area contributed by atoms with Crippen molar-refractivity contribution in [2.45, 2.75) is 43.8 Å². The quantitative estimate of drug-likeness (QED) is 0.1000. The van der Waals surface area contributed by atoms with Crippen LogP contribution >= 0.6 is 0 Å².